The summed E-state index contributed by atoms with van der Waals surface area (Å²) in [5.74, 6) is 0. The summed E-state index contributed by atoms with van der Waals surface area (Å²) in [6.07, 6.45) is 7.70. The van der Waals surface area contributed by atoms with Crippen LogP contribution in [0.1, 0.15) is 44.1 Å². The van der Waals surface area contributed by atoms with Crippen LogP contribution >= 0.6 is 0 Å². The van der Waals surface area contributed by atoms with Gasteiger partial charge in [0.05, 0.1) is 0 Å². The van der Waals surface area contributed by atoms with Gasteiger partial charge in [-0.25, -0.2) is 0 Å². The Kier molecular flexibility index (Phi) is 5.28. The molecule has 0 amide bonds. The molecule has 1 saturated heterocycles. The van der Waals surface area contributed by atoms with Crippen LogP contribution < -0.4 is 11.1 Å². The molecule has 2 fully saturated rings. The zero-order valence-corrected chi connectivity index (χ0v) is 13.0. The van der Waals surface area contributed by atoms with Crippen LogP contribution in [0.5, 0.6) is 0 Å². The van der Waals surface area contributed by atoms with E-state index in [0.717, 1.165) is 13.1 Å². The van der Waals surface area contributed by atoms with Gasteiger partial charge in [-0.15, -0.1) is 0 Å². The summed E-state index contributed by atoms with van der Waals surface area (Å²) >= 11 is 0. The molecule has 1 aliphatic heterocycles. The molecule has 116 valence electrons. The maximum Gasteiger partial charge on any atom is 0.0234 e. The van der Waals surface area contributed by atoms with E-state index in [9.17, 15) is 0 Å². The van der Waals surface area contributed by atoms with Crippen LogP contribution in [0.4, 0.5) is 0 Å². The second-order valence-electron chi connectivity index (χ2n) is 6.78. The van der Waals surface area contributed by atoms with Crippen LogP contribution in [0.2, 0.25) is 0 Å². The summed E-state index contributed by atoms with van der Waals surface area (Å²) in [5, 5.41) is 3.86. The second kappa shape index (κ2) is 7.39. The minimum absolute atomic E-state index is 0.364. The van der Waals surface area contributed by atoms with Gasteiger partial charge in [-0.1, -0.05) is 43.2 Å². The van der Waals surface area contributed by atoms with E-state index in [2.05, 4.69) is 40.5 Å². The predicted octanol–water partition coefficient (Wildman–Crippen LogP) is 2.51. The van der Waals surface area contributed by atoms with E-state index in [4.69, 9.17) is 5.73 Å². The fraction of sp³-hybridized carbons (Fsp3) is 0.667. The number of nitrogens with one attached hydrogen (secondary N) is 1. The molecule has 3 N–H and O–H groups in total. The van der Waals surface area contributed by atoms with Gasteiger partial charge in [-0.3, -0.25) is 4.90 Å². The van der Waals surface area contributed by atoms with Crippen molar-refractivity contribution in [3.05, 3.63) is 35.9 Å². The molecule has 0 spiro atoms. The predicted molar refractivity (Wildman–Crippen MR) is 88.1 cm³/mol. The monoisotopic (exact) mass is 287 g/mol. The third kappa shape index (κ3) is 4.29. The molecule has 3 heteroatoms. The van der Waals surface area contributed by atoms with E-state index in [0.29, 0.717) is 18.1 Å². The number of benzene rings is 1. The lowest BCUT2D eigenvalue weighted by Gasteiger charge is -2.38. The van der Waals surface area contributed by atoms with Gasteiger partial charge in [0.2, 0.25) is 0 Å². The zero-order valence-electron chi connectivity index (χ0n) is 13.0. The Morgan fingerprint density at radius 2 is 1.86 bits per heavy atom. The SMILES string of the molecule is N[C@@H]1CCCC[C@H]1NC1CCCN(Cc2ccccc2)C1. The minimum Gasteiger partial charge on any atom is -0.326 e. The molecule has 3 nitrogen and oxygen atoms in total. The summed E-state index contributed by atoms with van der Waals surface area (Å²) in [7, 11) is 0. The molecule has 1 unspecified atom stereocenters. The summed E-state index contributed by atoms with van der Waals surface area (Å²) in [6.45, 7) is 3.47. The maximum atomic E-state index is 6.28. The van der Waals surface area contributed by atoms with Gasteiger partial charge < -0.3 is 11.1 Å². The molecule has 3 atom stereocenters. The van der Waals surface area contributed by atoms with Crippen molar-refractivity contribution >= 4 is 0 Å². The third-order valence-electron chi connectivity index (χ3n) is 5.02. The van der Waals surface area contributed by atoms with E-state index in [1.807, 2.05) is 0 Å². The van der Waals surface area contributed by atoms with Gasteiger partial charge in [0.15, 0.2) is 0 Å². The quantitative estimate of drug-likeness (QED) is 0.894. The van der Waals surface area contributed by atoms with Gasteiger partial charge in [0.25, 0.3) is 0 Å². The zero-order chi connectivity index (χ0) is 14.5. The van der Waals surface area contributed by atoms with Gasteiger partial charge in [0, 0.05) is 31.2 Å². The molecule has 21 heavy (non-hydrogen) atoms. The van der Waals surface area contributed by atoms with E-state index < -0.39 is 0 Å². The summed E-state index contributed by atoms with van der Waals surface area (Å²) in [4.78, 5) is 2.59. The summed E-state index contributed by atoms with van der Waals surface area (Å²) < 4.78 is 0. The number of hydrogen-bond acceptors (Lipinski definition) is 3. The largest absolute Gasteiger partial charge is 0.326 e. The van der Waals surface area contributed by atoms with Gasteiger partial charge in [-0.2, -0.15) is 0 Å². The Hall–Kier alpha value is -0.900. The van der Waals surface area contributed by atoms with Crippen LogP contribution in [-0.4, -0.2) is 36.1 Å². The minimum atomic E-state index is 0.364. The Balaban J connectivity index is 1.51. The van der Waals surface area contributed by atoms with Crippen LogP contribution in [0, 0.1) is 0 Å². The molecule has 1 saturated carbocycles. The lowest BCUT2D eigenvalue weighted by atomic mass is 9.90. The Bertz CT molecular complexity index is 420. The Labute approximate surface area is 128 Å². The lowest BCUT2D eigenvalue weighted by molar-refractivity contribution is 0.165. The van der Waals surface area contributed by atoms with Gasteiger partial charge >= 0.3 is 0 Å². The first-order chi connectivity index (χ1) is 10.3. The van der Waals surface area contributed by atoms with Crippen molar-refractivity contribution in [2.45, 2.75) is 63.2 Å². The average molecular weight is 287 g/mol. The molecule has 3 rings (SSSR count). The number of nitrogens with zero attached hydrogens (tertiary/aromatic N) is 1. The number of rotatable bonds is 4. The smallest absolute Gasteiger partial charge is 0.0234 e. The van der Waals surface area contributed by atoms with Crippen molar-refractivity contribution < 1.29 is 0 Å². The van der Waals surface area contributed by atoms with Crippen LogP contribution in [0.25, 0.3) is 0 Å². The number of nitrogens with two attached hydrogens (primary N) is 1. The van der Waals surface area contributed by atoms with Gasteiger partial charge in [0.1, 0.15) is 0 Å². The first kappa shape index (κ1) is 15.0. The molecule has 0 aromatic heterocycles. The number of likely N-dealkylation sites (tertiary alicyclic amines) is 1. The fourth-order valence-corrected chi connectivity index (χ4v) is 3.85. The maximum absolute atomic E-state index is 6.28. The van der Waals surface area contributed by atoms with Crippen LogP contribution in [0.3, 0.4) is 0 Å². The van der Waals surface area contributed by atoms with Gasteiger partial charge in [-0.05, 0) is 37.8 Å². The van der Waals surface area contributed by atoms with Crippen molar-refractivity contribution in [3.8, 4) is 0 Å². The van der Waals surface area contributed by atoms with Crippen molar-refractivity contribution in [1.82, 2.24) is 10.2 Å². The first-order valence-corrected chi connectivity index (χ1v) is 8.59. The second-order valence-corrected chi connectivity index (χ2v) is 6.78. The third-order valence-corrected chi connectivity index (χ3v) is 5.02. The summed E-state index contributed by atoms with van der Waals surface area (Å²) in [6, 6.07) is 12.4. The number of hydrogen-bond donors (Lipinski definition) is 2. The highest BCUT2D eigenvalue weighted by Crippen LogP contribution is 2.20. The molecule has 2 aliphatic rings. The van der Waals surface area contributed by atoms with E-state index in [-0.39, 0.29) is 0 Å². The standard InChI is InChI=1S/C18H29N3/c19-17-10-4-5-11-18(17)20-16-9-6-12-21(14-16)13-15-7-2-1-3-8-15/h1-3,7-8,16-18,20H,4-6,9-14,19H2/t16?,17-,18-/m1/s1. The highest BCUT2D eigenvalue weighted by molar-refractivity contribution is 5.14. The van der Waals surface area contributed by atoms with Crippen LogP contribution in [-0.2, 0) is 6.54 Å². The normalized spacial score (nSPS) is 31.2. The highest BCUT2D eigenvalue weighted by atomic mass is 15.2. The first-order valence-electron chi connectivity index (χ1n) is 8.59. The molecule has 1 heterocycles. The van der Waals surface area contributed by atoms with Crippen LogP contribution in [0.15, 0.2) is 30.3 Å². The highest BCUT2D eigenvalue weighted by Gasteiger charge is 2.26. The number of piperidine rings is 1. The molecule has 0 radical (unpaired) electrons. The summed E-state index contributed by atoms with van der Waals surface area (Å²) in [5.41, 5.74) is 7.70. The Morgan fingerprint density at radius 1 is 1.05 bits per heavy atom. The lowest BCUT2D eigenvalue weighted by Crippen LogP contribution is -2.55. The van der Waals surface area contributed by atoms with Crippen molar-refractivity contribution in [1.29, 1.82) is 0 Å². The topological polar surface area (TPSA) is 41.3 Å². The molecular weight excluding hydrogens is 258 g/mol. The van der Waals surface area contributed by atoms with E-state index in [1.165, 1.54) is 50.6 Å². The van der Waals surface area contributed by atoms with E-state index >= 15 is 0 Å². The fourth-order valence-electron chi connectivity index (χ4n) is 3.85. The average Bonchev–Trinajstić information content (AvgIpc) is 2.51. The Morgan fingerprint density at radius 3 is 2.67 bits per heavy atom. The molecule has 1 aromatic carbocycles. The molecular formula is C18H29N3. The van der Waals surface area contributed by atoms with Crippen molar-refractivity contribution in [3.63, 3.8) is 0 Å². The van der Waals surface area contributed by atoms with E-state index in [1.54, 1.807) is 0 Å². The molecule has 1 aliphatic carbocycles. The van der Waals surface area contributed by atoms with Crippen molar-refractivity contribution in [2.75, 3.05) is 13.1 Å². The molecule has 1 aromatic rings. The van der Waals surface area contributed by atoms with Crippen molar-refractivity contribution in [2.24, 2.45) is 5.73 Å². The molecule has 0 bridgehead atoms.